The standard InChI is InChI=1S/C23H28O6/c1-7-10-23-12-18(28-6)21(25)20(22(23)29-14(3)24)19(13(23)2)15-8-9-16(26-4)17(11-15)27-5/h7-9,11-13,19-20,22H,1,10H2,2-6H3/t13-,19+,20-,22?,23-/m0/s1. The third-order valence-electron chi connectivity index (χ3n) is 6.38. The van der Waals surface area contributed by atoms with Crippen molar-refractivity contribution < 1.29 is 28.5 Å². The molecule has 2 bridgehead atoms. The summed E-state index contributed by atoms with van der Waals surface area (Å²) in [7, 11) is 4.65. The number of fused-ring (bicyclic) bond motifs is 2. The fraction of sp³-hybridized carbons (Fsp3) is 0.478. The Labute approximate surface area is 171 Å². The number of esters is 1. The summed E-state index contributed by atoms with van der Waals surface area (Å²) in [6.07, 6.45) is 3.62. The molecule has 0 N–H and O–H groups in total. The lowest BCUT2D eigenvalue weighted by molar-refractivity contribution is -0.156. The minimum atomic E-state index is -0.586. The molecule has 1 unspecified atom stereocenters. The van der Waals surface area contributed by atoms with Gasteiger partial charge < -0.3 is 18.9 Å². The summed E-state index contributed by atoms with van der Waals surface area (Å²) in [5.74, 6) is 0.220. The van der Waals surface area contributed by atoms with E-state index < -0.39 is 23.4 Å². The predicted octanol–water partition coefficient (Wildman–Crippen LogP) is 3.66. The minimum absolute atomic E-state index is 0.00967. The molecule has 3 rings (SSSR count). The molecule has 1 saturated carbocycles. The van der Waals surface area contributed by atoms with E-state index in [4.69, 9.17) is 18.9 Å². The Morgan fingerprint density at radius 1 is 1.14 bits per heavy atom. The fourth-order valence-electron chi connectivity index (χ4n) is 5.11. The van der Waals surface area contributed by atoms with Crippen LogP contribution in [0.4, 0.5) is 0 Å². The molecule has 1 fully saturated rings. The Morgan fingerprint density at radius 3 is 2.38 bits per heavy atom. The highest BCUT2D eigenvalue weighted by atomic mass is 16.5. The van der Waals surface area contributed by atoms with Gasteiger partial charge in [-0.1, -0.05) is 19.1 Å². The first-order valence-electron chi connectivity index (χ1n) is 9.65. The van der Waals surface area contributed by atoms with Gasteiger partial charge in [-0.15, -0.1) is 6.58 Å². The van der Waals surface area contributed by atoms with E-state index in [1.54, 1.807) is 20.3 Å². The fourth-order valence-corrected chi connectivity index (χ4v) is 5.11. The highest BCUT2D eigenvalue weighted by molar-refractivity contribution is 5.99. The smallest absolute Gasteiger partial charge is 0.302 e. The molecule has 156 valence electrons. The Balaban J connectivity index is 2.19. The first-order valence-corrected chi connectivity index (χ1v) is 9.65. The van der Waals surface area contributed by atoms with E-state index in [9.17, 15) is 9.59 Å². The van der Waals surface area contributed by atoms with Crippen LogP contribution in [0.25, 0.3) is 0 Å². The van der Waals surface area contributed by atoms with Gasteiger partial charge in [0.25, 0.3) is 0 Å². The zero-order valence-corrected chi connectivity index (χ0v) is 17.6. The lowest BCUT2D eigenvalue weighted by Crippen LogP contribution is -2.44. The maximum Gasteiger partial charge on any atom is 0.302 e. The first-order chi connectivity index (χ1) is 13.8. The summed E-state index contributed by atoms with van der Waals surface area (Å²) < 4.78 is 22.0. The van der Waals surface area contributed by atoms with E-state index in [2.05, 4.69) is 13.5 Å². The van der Waals surface area contributed by atoms with Crippen molar-refractivity contribution in [3.63, 3.8) is 0 Å². The zero-order valence-electron chi connectivity index (χ0n) is 17.6. The van der Waals surface area contributed by atoms with Crippen LogP contribution in [0.15, 0.2) is 42.7 Å². The Hall–Kier alpha value is -2.76. The van der Waals surface area contributed by atoms with Gasteiger partial charge in [0, 0.05) is 18.3 Å². The van der Waals surface area contributed by atoms with Crippen LogP contribution in [-0.4, -0.2) is 39.2 Å². The SMILES string of the molecule is C=CC[C@@]12C=C(OC)C(=O)[C@@H](C1OC(C)=O)[C@@H](c1ccc(OC)c(OC)c1)[C@@H]2C. The normalized spacial score (nSPS) is 30.4. The van der Waals surface area contributed by atoms with E-state index in [1.807, 2.05) is 24.3 Å². The van der Waals surface area contributed by atoms with Gasteiger partial charge in [0.1, 0.15) is 6.10 Å². The Bertz CT molecular complexity index is 857. The Kier molecular flexibility index (Phi) is 5.73. The summed E-state index contributed by atoms with van der Waals surface area (Å²) in [6, 6.07) is 5.67. The van der Waals surface area contributed by atoms with Crippen LogP contribution in [0.5, 0.6) is 11.5 Å². The van der Waals surface area contributed by atoms with Crippen molar-refractivity contribution in [2.24, 2.45) is 17.3 Å². The molecule has 2 aliphatic rings. The van der Waals surface area contributed by atoms with Crippen LogP contribution in [0.2, 0.25) is 0 Å². The number of carbonyl (C=O) groups excluding carboxylic acids is 2. The number of rotatable bonds is 7. The molecule has 5 atom stereocenters. The monoisotopic (exact) mass is 400 g/mol. The molecule has 6 nitrogen and oxygen atoms in total. The number of benzene rings is 1. The maximum atomic E-state index is 13.3. The molecule has 0 heterocycles. The molecule has 0 aromatic heterocycles. The molecular formula is C23H28O6. The largest absolute Gasteiger partial charge is 0.493 e. The van der Waals surface area contributed by atoms with Crippen LogP contribution in [0.3, 0.4) is 0 Å². The highest BCUT2D eigenvalue weighted by Gasteiger charge is 2.64. The molecule has 0 radical (unpaired) electrons. The van der Waals surface area contributed by atoms with Gasteiger partial charge in [0.05, 0.1) is 27.2 Å². The summed E-state index contributed by atoms with van der Waals surface area (Å²) in [5.41, 5.74) is 0.358. The van der Waals surface area contributed by atoms with Gasteiger partial charge >= 0.3 is 5.97 Å². The average Bonchev–Trinajstić information content (AvgIpc) is 2.87. The summed E-state index contributed by atoms with van der Waals surface area (Å²) >= 11 is 0. The second kappa shape index (κ2) is 7.93. The first kappa shape index (κ1) is 21.0. The van der Waals surface area contributed by atoms with Crippen LogP contribution in [-0.2, 0) is 19.1 Å². The number of Topliss-reactive ketones (excluding diaryl/α,β-unsaturated/α-hetero) is 1. The van der Waals surface area contributed by atoms with Gasteiger partial charge in [0.2, 0.25) is 5.78 Å². The predicted molar refractivity (Wildman–Crippen MR) is 108 cm³/mol. The second-order valence-corrected chi connectivity index (χ2v) is 7.67. The van der Waals surface area contributed by atoms with Crippen molar-refractivity contribution in [2.75, 3.05) is 21.3 Å². The molecule has 0 spiro atoms. The van der Waals surface area contributed by atoms with Gasteiger partial charge in [-0.05, 0) is 36.1 Å². The molecule has 6 heteroatoms. The molecular weight excluding hydrogens is 372 g/mol. The quantitative estimate of drug-likeness (QED) is 0.514. The number of methoxy groups -OCH3 is 3. The lowest BCUT2D eigenvalue weighted by Gasteiger charge is -2.38. The molecule has 2 aliphatic carbocycles. The zero-order chi connectivity index (χ0) is 21.3. The highest BCUT2D eigenvalue weighted by Crippen LogP contribution is 2.62. The van der Waals surface area contributed by atoms with Crippen molar-refractivity contribution in [3.05, 3.63) is 48.3 Å². The van der Waals surface area contributed by atoms with Crippen LogP contribution < -0.4 is 9.47 Å². The summed E-state index contributed by atoms with van der Waals surface area (Å²) in [6.45, 7) is 7.36. The maximum absolute atomic E-state index is 13.3. The molecule has 1 aromatic rings. The van der Waals surface area contributed by atoms with Gasteiger partial charge in [-0.3, -0.25) is 9.59 Å². The summed E-state index contributed by atoms with van der Waals surface area (Å²) in [5, 5.41) is 0. The van der Waals surface area contributed by atoms with Crippen LogP contribution in [0, 0.1) is 17.3 Å². The van der Waals surface area contributed by atoms with Crippen LogP contribution >= 0.6 is 0 Å². The van der Waals surface area contributed by atoms with E-state index in [-0.39, 0.29) is 17.6 Å². The Morgan fingerprint density at radius 2 is 1.83 bits per heavy atom. The average molecular weight is 400 g/mol. The number of hydrogen-bond donors (Lipinski definition) is 0. The van der Waals surface area contributed by atoms with Gasteiger partial charge in [0.15, 0.2) is 17.3 Å². The molecule has 0 saturated heterocycles. The van der Waals surface area contributed by atoms with Crippen molar-refractivity contribution in [1.82, 2.24) is 0 Å². The molecule has 0 aliphatic heterocycles. The topological polar surface area (TPSA) is 71.1 Å². The number of hydrogen-bond acceptors (Lipinski definition) is 6. The number of ether oxygens (including phenoxy) is 4. The lowest BCUT2D eigenvalue weighted by atomic mass is 9.70. The molecule has 1 aromatic carbocycles. The van der Waals surface area contributed by atoms with Gasteiger partial charge in [-0.25, -0.2) is 0 Å². The number of allylic oxidation sites excluding steroid dienone is 2. The van der Waals surface area contributed by atoms with Crippen molar-refractivity contribution in [3.8, 4) is 11.5 Å². The minimum Gasteiger partial charge on any atom is -0.493 e. The van der Waals surface area contributed by atoms with Crippen molar-refractivity contribution >= 4 is 11.8 Å². The molecule has 0 amide bonds. The van der Waals surface area contributed by atoms with Crippen molar-refractivity contribution in [2.45, 2.75) is 32.3 Å². The van der Waals surface area contributed by atoms with E-state index in [0.717, 1.165) is 5.56 Å². The van der Waals surface area contributed by atoms with Crippen molar-refractivity contribution in [1.29, 1.82) is 0 Å². The third kappa shape index (κ3) is 3.20. The van der Waals surface area contributed by atoms with E-state index in [1.165, 1.54) is 14.0 Å². The third-order valence-corrected chi connectivity index (χ3v) is 6.38. The number of carbonyl (C=O) groups is 2. The summed E-state index contributed by atoms with van der Waals surface area (Å²) in [4.78, 5) is 25.2. The molecule has 29 heavy (non-hydrogen) atoms. The number of ketones is 1. The second-order valence-electron chi connectivity index (χ2n) is 7.67. The van der Waals surface area contributed by atoms with Crippen LogP contribution in [0.1, 0.15) is 31.7 Å². The van der Waals surface area contributed by atoms with E-state index in [0.29, 0.717) is 23.7 Å². The van der Waals surface area contributed by atoms with Gasteiger partial charge in [-0.2, -0.15) is 0 Å². The van der Waals surface area contributed by atoms with E-state index >= 15 is 0 Å².